The second kappa shape index (κ2) is 5.00. The quantitative estimate of drug-likeness (QED) is 0.775. The fraction of sp³-hybridized carbons (Fsp3) is 0.308. The van der Waals surface area contributed by atoms with Gasteiger partial charge in [-0.15, -0.1) is 0 Å². The SMILES string of the molecule is Cc1nc(COc2c(C)cc(C=O)cc2C)no1. The van der Waals surface area contributed by atoms with Gasteiger partial charge in [-0.1, -0.05) is 5.16 Å². The van der Waals surface area contributed by atoms with Crippen LogP contribution in [0.2, 0.25) is 0 Å². The highest BCUT2D eigenvalue weighted by Crippen LogP contribution is 2.24. The average molecular weight is 246 g/mol. The van der Waals surface area contributed by atoms with Gasteiger partial charge in [0.05, 0.1) is 0 Å². The van der Waals surface area contributed by atoms with E-state index in [1.165, 1.54) is 0 Å². The van der Waals surface area contributed by atoms with Crippen molar-refractivity contribution in [3.8, 4) is 5.75 Å². The number of hydrogen-bond donors (Lipinski definition) is 0. The maximum atomic E-state index is 10.7. The first-order valence-corrected chi connectivity index (χ1v) is 5.58. The van der Waals surface area contributed by atoms with Gasteiger partial charge in [0.25, 0.3) is 0 Å². The molecule has 0 fully saturated rings. The van der Waals surface area contributed by atoms with Crippen LogP contribution >= 0.6 is 0 Å². The number of nitrogens with zero attached hydrogens (tertiary/aromatic N) is 2. The summed E-state index contributed by atoms with van der Waals surface area (Å²) in [7, 11) is 0. The zero-order chi connectivity index (χ0) is 13.1. The van der Waals surface area contributed by atoms with Crippen LogP contribution in [0.3, 0.4) is 0 Å². The molecule has 1 aromatic heterocycles. The molecule has 0 aliphatic heterocycles. The Balaban J connectivity index is 2.16. The maximum absolute atomic E-state index is 10.7. The summed E-state index contributed by atoms with van der Waals surface area (Å²) in [5.41, 5.74) is 2.47. The van der Waals surface area contributed by atoms with E-state index in [9.17, 15) is 4.79 Å². The van der Waals surface area contributed by atoms with Gasteiger partial charge in [0.15, 0.2) is 6.61 Å². The number of aldehydes is 1. The van der Waals surface area contributed by atoms with Crippen LogP contribution in [0.4, 0.5) is 0 Å². The summed E-state index contributed by atoms with van der Waals surface area (Å²) in [5.74, 6) is 1.77. The van der Waals surface area contributed by atoms with Crippen LogP contribution in [-0.4, -0.2) is 16.4 Å². The fourth-order valence-corrected chi connectivity index (χ4v) is 1.82. The first-order chi connectivity index (χ1) is 8.60. The van der Waals surface area contributed by atoms with Crippen molar-refractivity contribution in [2.24, 2.45) is 0 Å². The van der Waals surface area contributed by atoms with E-state index in [4.69, 9.17) is 9.26 Å². The molecule has 1 aromatic carbocycles. The van der Waals surface area contributed by atoms with Crippen LogP contribution in [-0.2, 0) is 6.61 Å². The van der Waals surface area contributed by atoms with E-state index in [2.05, 4.69) is 10.1 Å². The number of ether oxygens (including phenoxy) is 1. The number of carbonyl (C=O) groups is 1. The van der Waals surface area contributed by atoms with Crippen LogP contribution in [0.25, 0.3) is 0 Å². The summed E-state index contributed by atoms with van der Waals surface area (Å²) in [6.07, 6.45) is 0.826. The third-order valence-corrected chi connectivity index (χ3v) is 2.53. The molecule has 5 nitrogen and oxygen atoms in total. The Bertz CT molecular complexity index is 552. The third kappa shape index (κ3) is 2.56. The Morgan fingerprint density at radius 1 is 1.28 bits per heavy atom. The standard InChI is InChI=1S/C13H14N2O3/c1-8-4-11(6-16)5-9(2)13(8)17-7-12-14-10(3)18-15-12/h4-6H,7H2,1-3H3. The molecule has 2 aromatic rings. The molecule has 0 aliphatic carbocycles. The van der Waals surface area contributed by atoms with E-state index in [1.54, 1.807) is 19.1 Å². The number of carbonyl (C=O) groups excluding carboxylic acids is 1. The molecule has 0 aliphatic rings. The minimum absolute atomic E-state index is 0.249. The van der Waals surface area contributed by atoms with E-state index in [0.29, 0.717) is 17.3 Å². The Morgan fingerprint density at radius 3 is 2.44 bits per heavy atom. The van der Waals surface area contributed by atoms with Gasteiger partial charge in [0.2, 0.25) is 11.7 Å². The second-order valence-electron chi connectivity index (χ2n) is 4.12. The molecule has 1 heterocycles. The van der Waals surface area contributed by atoms with Gasteiger partial charge in [-0.25, -0.2) is 0 Å². The van der Waals surface area contributed by atoms with Crippen LogP contribution in [0.5, 0.6) is 5.75 Å². The number of aryl methyl sites for hydroxylation is 3. The lowest BCUT2D eigenvalue weighted by molar-refractivity contribution is 0.112. The minimum Gasteiger partial charge on any atom is -0.485 e. The van der Waals surface area contributed by atoms with Crippen molar-refractivity contribution in [2.45, 2.75) is 27.4 Å². The second-order valence-corrected chi connectivity index (χ2v) is 4.12. The average Bonchev–Trinajstić information content (AvgIpc) is 2.73. The molecule has 0 N–H and O–H groups in total. The van der Waals surface area contributed by atoms with E-state index in [1.807, 2.05) is 13.8 Å². The highest BCUT2D eigenvalue weighted by atomic mass is 16.5. The number of rotatable bonds is 4. The fourth-order valence-electron chi connectivity index (χ4n) is 1.82. The van der Waals surface area contributed by atoms with Crippen molar-refractivity contribution < 1.29 is 14.1 Å². The van der Waals surface area contributed by atoms with Crippen LogP contribution in [0, 0.1) is 20.8 Å². The molecule has 5 heteroatoms. The summed E-state index contributed by atoms with van der Waals surface area (Å²) in [6, 6.07) is 3.58. The molecule has 0 atom stereocenters. The molecular weight excluding hydrogens is 232 g/mol. The van der Waals surface area contributed by atoms with Crippen molar-refractivity contribution in [1.29, 1.82) is 0 Å². The summed E-state index contributed by atoms with van der Waals surface area (Å²) in [6.45, 7) is 5.78. The van der Waals surface area contributed by atoms with Crippen LogP contribution < -0.4 is 4.74 Å². The van der Waals surface area contributed by atoms with Gasteiger partial charge in [0, 0.05) is 12.5 Å². The summed E-state index contributed by atoms with van der Waals surface area (Å²) in [5, 5.41) is 3.76. The molecule has 18 heavy (non-hydrogen) atoms. The normalized spacial score (nSPS) is 10.4. The Morgan fingerprint density at radius 2 is 1.94 bits per heavy atom. The molecule has 0 spiro atoms. The van der Waals surface area contributed by atoms with E-state index in [0.717, 1.165) is 23.2 Å². The summed E-state index contributed by atoms with van der Waals surface area (Å²) < 4.78 is 10.5. The highest BCUT2D eigenvalue weighted by Gasteiger charge is 2.09. The lowest BCUT2D eigenvalue weighted by Gasteiger charge is -2.11. The Kier molecular flexibility index (Phi) is 3.41. The highest BCUT2D eigenvalue weighted by molar-refractivity contribution is 5.76. The largest absolute Gasteiger partial charge is 0.485 e. The number of hydrogen-bond acceptors (Lipinski definition) is 5. The molecule has 0 bridgehead atoms. The smallest absolute Gasteiger partial charge is 0.223 e. The topological polar surface area (TPSA) is 65.2 Å². The molecule has 2 rings (SSSR count). The number of aromatic nitrogens is 2. The summed E-state index contributed by atoms with van der Waals surface area (Å²) in [4.78, 5) is 14.8. The molecule has 0 radical (unpaired) electrons. The van der Waals surface area contributed by atoms with Crippen molar-refractivity contribution >= 4 is 6.29 Å². The first kappa shape index (κ1) is 12.3. The third-order valence-electron chi connectivity index (χ3n) is 2.53. The molecule has 0 amide bonds. The monoisotopic (exact) mass is 246 g/mol. The summed E-state index contributed by atoms with van der Waals surface area (Å²) >= 11 is 0. The van der Waals surface area contributed by atoms with Crippen LogP contribution in [0.1, 0.15) is 33.2 Å². The Labute approximate surface area is 105 Å². The van der Waals surface area contributed by atoms with Crippen molar-refractivity contribution in [1.82, 2.24) is 10.1 Å². The zero-order valence-electron chi connectivity index (χ0n) is 10.6. The zero-order valence-corrected chi connectivity index (χ0v) is 10.6. The lowest BCUT2D eigenvalue weighted by atomic mass is 10.1. The first-order valence-electron chi connectivity index (χ1n) is 5.58. The van der Waals surface area contributed by atoms with Gasteiger partial charge in [-0.2, -0.15) is 4.98 Å². The molecule has 0 saturated heterocycles. The van der Waals surface area contributed by atoms with Crippen LogP contribution in [0.15, 0.2) is 16.7 Å². The van der Waals surface area contributed by atoms with E-state index in [-0.39, 0.29) is 6.61 Å². The predicted octanol–water partition coefficient (Wildman–Crippen LogP) is 2.39. The maximum Gasteiger partial charge on any atom is 0.223 e. The molecule has 0 unspecified atom stereocenters. The van der Waals surface area contributed by atoms with Crippen molar-refractivity contribution in [3.63, 3.8) is 0 Å². The lowest BCUT2D eigenvalue weighted by Crippen LogP contribution is -2.01. The van der Waals surface area contributed by atoms with Gasteiger partial charge in [-0.05, 0) is 37.1 Å². The molecule has 0 saturated carbocycles. The Hall–Kier alpha value is -2.17. The van der Waals surface area contributed by atoms with Crippen molar-refractivity contribution in [3.05, 3.63) is 40.5 Å². The minimum atomic E-state index is 0.249. The van der Waals surface area contributed by atoms with Gasteiger partial charge >= 0.3 is 0 Å². The van der Waals surface area contributed by atoms with Gasteiger partial charge in [0.1, 0.15) is 12.0 Å². The van der Waals surface area contributed by atoms with Gasteiger partial charge in [-0.3, -0.25) is 4.79 Å². The molecular formula is C13H14N2O3. The van der Waals surface area contributed by atoms with E-state index >= 15 is 0 Å². The number of benzene rings is 1. The van der Waals surface area contributed by atoms with E-state index < -0.39 is 0 Å². The molecule has 94 valence electrons. The van der Waals surface area contributed by atoms with Crippen molar-refractivity contribution in [2.75, 3.05) is 0 Å². The predicted molar refractivity (Wildman–Crippen MR) is 64.7 cm³/mol. The van der Waals surface area contributed by atoms with Gasteiger partial charge < -0.3 is 9.26 Å².